The Morgan fingerprint density at radius 1 is 1.00 bits per heavy atom. The van der Waals surface area contributed by atoms with Crippen LogP contribution < -0.4 is 0 Å². The summed E-state index contributed by atoms with van der Waals surface area (Å²) in [4.78, 5) is 0. The summed E-state index contributed by atoms with van der Waals surface area (Å²) in [5.41, 5.74) is 0.185. The van der Waals surface area contributed by atoms with Crippen LogP contribution in [0.3, 0.4) is 0 Å². The lowest BCUT2D eigenvalue weighted by Gasteiger charge is -2.40. The van der Waals surface area contributed by atoms with Crippen LogP contribution in [-0.4, -0.2) is 44.9 Å². The molecule has 0 bridgehead atoms. The van der Waals surface area contributed by atoms with Gasteiger partial charge in [0.15, 0.2) is 6.29 Å². The molecule has 0 unspecified atom stereocenters. The van der Waals surface area contributed by atoms with Crippen molar-refractivity contribution in [2.24, 2.45) is 5.41 Å². The Labute approximate surface area is 132 Å². The molecule has 0 spiro atoms. The lowest BCUT2D eigenvalue weighted by Crippen LogP contribution is -2.46. The van der Waals surface area contributed by atoms with E-state index in [0.29, 0.717) is 13.2 Å². The highest BCUT2D eigenvalue weighted by molar-refractivity contribution is 5.20. The molecule has 1 fully saturated rings. The zero-order valence-corrected chi connectivity index (χ0v) is 13.0. The fraction of sp³-hybridized carbons (Fsp3) is 0.556. The van der Waals surface area contributed by atoms with E-state index in [1.165, 1.54) is 0 Å². The van der Waals surface area contributed by atoms with Gasteiger partial charge in [0, 0.05) is 5.41 Å². The van der Waals surface area contributed by atoms with Gasteiger partial charge in [-0.2, -0.15) is 0 Å². The van der Waals surface area contributed by atoms with Crippen molar-refractivity contribution in [2.75, 3.05) is 26.4 Å². The monoisotopic (exact) mass is 304 g/mol. The highest BCUT2D eigenvalue weighted by atomic mass is 16.7. The highest BCUT2D eigenvalue weighted by Gasteiger charge is 2.37. The molecule has 0 aromatic carbocycles. The standard InChI is InChI=1S/C18H24O4/c1-2-18(13-20-14-18)12-19-11-17(21-15-7-3-4-8-15)22-16-9-5-6-10-16/h3-10,15-17H,2,11-14H2,1H3. The molecule has 0 atom stereocenters. The summed E-state index contributed by atoms with van der Waals surface area (Å²) in [7, 11) is 0. The Hall–Kier alpha value is -1.20. The molecule has 1 heterocycles. The Kier molecular flexibility index (Phi) is 5.26. The lowest BCUT2D eigenvalue weighted by molar-refractivity contribution is -0.206. The Balaban J connectivity index is 1.48. The SMILES string of the molecule is CCC1(COCC(OC2C=CC=C2)OC2C=CC=C2)COC1. The maximum Gasteiger partial charge on any atom is 0.183 e. The molecule has 0 N–H and O–H groups in total. The molecule has 0 radical (unpaired) electrons. The normalized spacial score (nSPS) is 23.0. The van der Waals surface area contributed by atoms with Crippen LogP contribution in [0.15, 0.2) is 48.6 Å². The van der Waals surface area contributed by atoms with Gasteiger partial charge in [-0.1, -0.05) is 55.5 Å². The van der Waals surface area contributed by atoms with Crippen LogP contribution in [0.4, 0.5) is 0 Å². The first kappa shape index (κ1) is 15.7. The quantitative estimate of drug-likeness (QED) is 0.614. The molecule has 0 aromatic heterocycles. The van der Waals surface area contributed by atoms with Crippen molar-refractivity contribution in [3.8, 4) is 0 Å². The summed E-state index contributed by atoms with van der Waals surface area (Å²) in [6.45, 7) is 4.88. The number of rotatable bonds is 9. The maximum absolute atomic E-state index is 5.95. The van der Waals surface area contributed by atoms with E-state index in [4.69, 9.17) is 18.9 Å². The maximum atomic E-state index is 5.95. The average molecular weight is 304 g/mol. The number of ether oxygens (including phenoxy) is 4. The molecule has 4 nitrogen and oxygen atoms in total. The van der Waals surface area contributed by atoms with E-state index >= 15 is 0 Å². The van der Waals surface area contributed by atoms with Crippen LogP contribution in [0.5, 0.6) is 0 Å². The van der Waals surface area contributed by atoms with E-state index in [1.807, 2.05) is 48.6 Å². The molecule has 1 saturated heterocycles. The first-order valence-corrected chi connectivity index (χ1v) is 7.96. The molecule has 3 aliphatic rings. The van der Waals surface area contributed by atoms with Crippen molar-refractivity contribution >= 4 is 0 Å². The van der Waals surface area contributed by atoms with E-state index < -0.39 is 0 Å². The fourth-order valence-corrected chi connectivity index (χ4v) is 2.62. The van der Waals surface area contributed by atoms with Gasteiger partial charge in [-0.3, -0.25) is 0 Å². The van der Waals surface area contributed by atoms with Crippen molar-refractivity contribution < 1.29 is 18.9 Å². The van der Waals surface area contributed by atoms with Crippen molar-refractivity contribution in [3.05, 3.63) is 48.6 Å². The molecule has 120 valence electrons. The molecule has 22 heavy (non-hydrogen) atoms. The van der Waals surface area contributed by atoms with E-state index in [1.54, 1.807) is 0 Å². The Bertz CT molecular complexity index is 414. The highest BCUT2D eigenvalue weighted by Crippen LogP contribution is 2.31. The third-order valence-corrected chi connectivity index (χ3v) is 4.27. The van der Waals surface area contributed by atoms with E-state index in [0.717, 1.165) is 19.6 Å². The molecule has 0 saturated carbocycles. The van der Waals surface area contributed by atoms with Gasteiger partial charge >= 0.3 is 0 Å². The van der Waals surface area contributed by atoms with Gasteiger partial charge in [0.05, 0.1) is 38.6 Å². The van der Waals surface area contributed by atoms with Gasteiger partial charge in [-0.05, 0) is 6.42 Å². The Morgan fingerprint density at radius 3 is 1.95 bits per heavy atom. The van der Waals surface area contributed by atoms with Crippen LogP contribution in [-0.2, 0) is 18.9 Å². The van der Waals surface area contributed by atoms with Crippen molar-refractivity contribution in [1.82, 2.24) is 0 Å². The van der Waals surface area contributed by atoms with E-state index in [9.17, 15) is 0 Å². The molecule has 1 aliphatic heterocycles. The summed E-state index contributed by atoms with van der Waals surface area (Å²) < 4.78 is 23.1. The minimum Gasteiger partial charge on any atom is -0.380 e. The predicted molar refractivity (Wildman–Crippen MR) is 84.5 cm³/mol. The first-order chi connectivity index (χ1) is 10.8. The molecule has 2 aliphatic carbocycles. The predicted octanol–water partition coefficient (Wildman–Crippen LogP) is 2.78. The zero-order valence-electron chi connectivity index (χ0n) is 13.0. The van der Waals surface area contributed by atoms with Crippen LogP contribution in [0.25, 0.3) is 0 Å². The summed E-state index contributed by atoms with van der Waals surface area (Å²) in [6, 6.07) is 0. The second-order valence-corrected chi connectivity index (χ2v) is 6.03. The van der Waals surface area contributed by atoms with Gasteiger partial charge in [-0.25, -0.2) is 0 Å². The topological polar surface area (TPSA) is 36.9 Å². The van der Waals surface area contributed by atoms with Gasteiger partial charge in [-0.15, -0.1) is 0 Å². The van der Waals surface area contributed by atoms with Crippen molar-refractivity contribution in [3.63, 3.8) is 0 Å². The van der Waals surface area contributed by atoms with Crippen LogP contribution >= 0.6 is 0 Å². The summed E-state index contributed by atoms with van der Waals surface area (Å²) in [5, 5.41) is 0. The molecule has 4 heteroatoms. The van der Waals surface area contributed by atoms with E-state index in [2.05, 4.69) is 6.92 Å². The first-order valence-electron chi connectivity index (χ1n) is 7.96. The molecular formula is C18H24O4. The summed E-state index contributed by atoms with van der Waals surface area (Å²) in [6.07, 6.45) is 16.6. The second-order valence-electron chi connectivity index (χ2n) is 6.03. The Morgan fingerprint density at radius 2 is 1.55 bits per heavy atom. The molecule has 3 rings (SSSR count). The third kappa shape index (κ3) is 3.96. The van der Waals surface area contributed by atoms with Gasteiger partial charge in [0.25, 0.3) is 0 Å². The molecule has 0 aromatic rings. The lowest BCUT2D eigenvalue weighted by atomic mass is 9.84. The average Bonchev–Trinajstić information content (AvgIpc) is 3.15. The fourth-order valence-electron chi connectivity index (χ4n) is 2.62. The van der Waals surface area contributed by atoms with Gasteiger partial charge in [0.2, 0.25) is 0 Å². The van der Waals surface area contributed by atoms with Crippen LogP contribution in [0.2, 0.25) is 0 Å². The third-order valence-electron chi connectivity index (χ3n) is 4.27. The zero-order chi connectivity index (χ0) is 15.3. The minimum atomic E-state index is -0.385. The second kappa shape index (κ2) is 7.38. The molecule has 0 amide bonds. The summed E-state index contributed by atoms with van der Waals surface area (Å²) >= 11 is 0. The summed E-state index contributed by atoms with van der Waals surface area (Å²) in [5.74, 6) is 0. The molecular weight excluding hydrogens is 280 g/mol. The van der Waals surface area contributed by atoms with Crippen molar-refractivity contribution in [2.45, 2.75) is 31.8 Å². The smallest absolute Gasteiger partial charge is 0.183 e. The van der Waals surface area contributed by atoms with E-state index in [-0.39, 0.29) is 23.9 Å². The largest absolute Gasteiger partial charge is 0.380 e. The van der Waals surface area contributed by atoms with Gasteiger partial charge < -0.3 is 18.9 Å². The minimum absolute atomic E-state index is 0.0323. The number of hydrogen-bond acceptors (Lipinski definition) is 4. The van der Waals surface area contributed by atoms with Crippen LogP contribution in [0, 0.1) is 5.41 Å². The number of hydrogen-bond donors (Lipinski definition) is 0. The van der Waals surface area contributed by atoms with Gasteiger partial charge in [0.1, 0.15) is 0 Å². The van der Waals surface area contributed by atoms with Crippen molar-refractivity contribution in [1.29, 1.82) is 0 Å². The number of allylic oxidation sites excluding steroid dienone is 4. The van der Waals surface area contributed by atoms with Crippen LogP contribution in [0.1, 0.15) is 13.3 Å².